The first kappa shape index (κ1) is 18.0. The maximum Gasteiger partial charge on any atom is 0.171 e. The lowest BCUT2D eigenvalue weighted by atomic mass is 10.1. The Morgan fingerprint density at radius 2 is 1.92 bits per heavy atom. The van der Waals surface area contributed by atoms with E-state index in [1.54, 1.807) is 11.2 Å². The number of anilines is 1. The summed E-state index contributed by atoms with van der Waals surface area (Å²) in [6, 6.07) is 12.8. The molecular weight excluding hydrogens is 330 g/mol. The van der Waals surface area contributed by atoms with E-state index in [0.717, 1.165) is 24.4 Å². The number of likely N-dealkylation sites (tertiary alicyclic amines) is 1. The topological polar surface area (TPSA) is 41.6 Å². The second-order valence-electron chi connectivity index (χ2n) is 6.67. The van der Waals surface area contributed by atoms with Crippen LogP contribution in [0.25, 0.3) is 0 Å². The Balaban J connectivity index is 1.57. The molecule has 4 nitrogen and oxygen atoms in total. The average Bonchev–Trinajstić information content (AvgIpc) is 3.18. The minimum absolute atomic E-state index is 0.303. The van der Waals surface area contributed by atoms with Gasteiger partial charge in [0.2, 0.25) is 0 Å². The largest absolute Gasteiger partial charge is 0.463 e. The van der Waals surface area contributed by atoms with Crippen molar-refractivity contribution in [2.45, 2.75) is 38.6 Å². The Labute approximate surface area is 155 Å². The van der Waals surface area contributed by atoms with Crippen LogP contribution in [0.1, 0.15) is 43.6 Å². The van der Waals surface area contributed by atoms with Crippen LogP contribution >= 0.6 is 12.2 Å². The number of furan rings is 1. The summed E-state index contributed by atoms with van der Waals surface area (Å²) in [5, 5.41) is 7.33. The SMILES string of the molecule is CCc1ccc(NC(=S)NC[C@H](c2ccco2)[NH+]2CCCCC2)cc1. The number of quaternary nitrogens is 1. The Hall–Kier alpha value is -1.85. The molecule has 1 saturated heterocycles. The van der Waals surface area contributed by atoms with E-state index >= 15 is 0 Å². The lowest BCUT2D eigenvalue weighted by Crippen LogP contribution is -3.13. The summed E-state index contributed by atoms with van der Waals surface area (Å²) in [7, 11) is 0. The first-order valence-electron chi connectivity index (χ1n) is 9.28. The van der Waals surface area contributed by atoms with E-state index in [-0.39, 0.29) is 0 Å². The van der Waals surface area contributed by atoms with Crippen LogP contribution in [0.5, 0.6) is 0 Å². The smallest absolute Gasteiger partial charge is 0.171 e. The maximum absolute atomic E-state index is 5.70. The minimum Gasteiger partial charge on any atom is -0.463 e. The van der Waals surface area contributed by atoms with E-state index in [9.17, 15) is 0 Å². The van der Waals surface area contributed by atoms with Crippen molar-refractivity contribution < 1.29 is 9.32 Å². The molecule has 2 aromatic rings. The fourth-order valence-corrected chi connectivity index (χ4v) is 3.69. The van der Waals surface area contributed by atoms with Crippen molar-refractivity contribution in [3.8, 4) is 0 Å². The first-order chi connectivity index (χ1) is 12.3. The van der Waals surface area contributed by atoms with E-state index in [4.69, 9.17) is 16.6 Å². The third kappa shape index (κ3) is 5.06. The molecule has 0 bridgehead atoms. The quantitative estimate of drug-likeness (QED) is 0.695. The van der Waals surface area contributed by atoms with Gasteiger partial charge in [-0.15, -0.1) is 0 Å². The van der Waals surface area contributed by atoms with Crippen molar-refractivity contribution in [1.82, 2.24) is 5.32 Å². The van der Waals surface area contributed by atoms with Crippen LogP contribution in [-0.2, 0) is 6.42 Å². The highest BCUT2D eigenvalue weighted by Crippen LogP contribution is 2.12. The lowest BCUT2D eigenvalue weighted by Gasteiger charge is -2.30. The van der Waals surface area contributed by atoms with Crippen LogP contribution < -0.4 is 15.5 Å². The summed E-state index contributed by atoms with van der Waals surface area (Å²) in [5.74, 6) is 1.04. The second kappa shape index (κ2) is 9.02. The Kier molecular flexibility index (Phi) is 6.48. The van der Waals surface area contributed by atoms with Crippen LogP contribution in [0.2, 0.25) is 0 Å². The van der Waals surface area contributed by atoms with Crippen LogP contribution in [-0.4, -0.2) is 24.7 Å². The van der Waals surface area contributed by atoms with Gasteiger partial charge in [0.1, 0.15) is 0 Å². The van der Waals surface area contributed by atoms with Crippen molar-refractivity contribution in [1.29, 1.82) is 0 Å². The number of hydrogen-bond acceptors (Lipinski definition) is 2. The summed E-state index contributed by atoms with van der Waals surface area (Å²) in [6.07, 6.45) is 6.73. The van der Waals surface area contributed by atoms with Crippen LogP contribution in [0.3, 0.4) is 0 Å². The summed E-state index contributed by atoms with van der Waals surface area (Å²) < 4.78 is 5.70. The van der Waals surface area contributed by atoms with Crippen LogP contribution in [0, 0.1) is 0 Å². The average molecular weight is 359 g/mol. The van der Waals surface area contributed by atoms with Crippen molar-refractivity contribution >= 4 is 23.0 Å². The lowest BCUT2D eigenvalue weighted by molar-refractivity contribution is -0.936. The Morgan fingerprint density at radius 3 is 2.56 bits per heavy atom. The Morgan fingerprint density at radius 1 is 1.16 bits per heavy atom. The zero-order valence-electron chi connectivity index (χ0n) is 14.9. The van der Waals surface area contributed by atoms with Gasteiger partial charge in [0.15, 0.2) is 16.9 Å². The van der Waals surface area contributed by atoms with Crippen molar-refractivity contribution in [3.05, 3.63) is 54.0 Å². The van der Waals surface area contributed by atoms with E-state index in [1.165, 1.54) is 37.9 Å². The third-order valence-corrected chi connectivity index (χ3v) is 5.21. The standard InChI is InChI=1S/C20H27N3OS/c1-2-16-8-10-17(11-9-16)22-20(25)21-15-18(19-7-6-14-24-19)23-12-4-3-5-13-23/h6-11,14,18H,2-5,12-13,15H2,1H3,(H2,21,22,25)/p+1/t18-/m1/s1. The molecule has 2 heterocycles. The molecule has 0 unspecified atom stereocenters. The number of hydrogen-bond donors (Lipinski definition) is 3. The van der Waals surface area contributed by atoms with Gasteiger partial charge in [-0.3, -0.25) is 0 Å². The molecule has 0 radical (unpaired) electrons. The molecule has 1 fully saturated rings. The molecule has 0 amide bonds. The van der Waals surface area contributed by atoms with Gasteiger partial charge in [0.05, 0.1) is 25.9 Å². The molecule has 0 aliphatic carbocycles. The fraction of sp³-hybridized carbons (Fsp3) is 0.450. The highest BCUT2D eigenvalue weighted by molar-refractivity contribution is 7.80. The maximum atomic E-state index is 5.70. The molecule has 0 spiro atoms. The number of rotatable bonds is 6. The van der Waals surface area contributed by atoms with Crippen LogP contribution in [0.15, 0.2) is 47.1 Å². The van der Waals surface area contributed by atoms with Gasteiger partial charge in [-0.2, -0.15) is 0 Å². The molecule has 25 heavy (non-hydrogen) atoms. The summed E-state index contributed by atoms with van der Waals surface area (Å²) in [4.78, 5) is 1.59. The molecule has 1 aromatic carbocycles. The Bertz CT molecular complexity index is 648. The van der Waals surface area contributed by atoms with Gasteiger partial charge in [0.25, 0.3) is 0 Å². The number of benzene rings is 1. The normalized spacial score (nSPS) is 16.4. The van der Waals surface area contributed by atoms with E-state index < -0.39 is 0 Å². The van der Waals surface area contributed by atoms with Crippen LogP contribution in [0.4, 0.5) is 5.69 Å². The number of aryl methyl sites for hydroxylation is 1. The summed E-state index contributed by atoms with van der Waals surface area (Å²) in [5.41, 5.74) is 2.35. The molecule has 1 atom stereocenters. The summed E-state index contributed by atoms with van der Waals surface area (Å²) in [6.45, 7) is 5.34. The van der Waals surface area contributed by atoms with Gasteiger partial charge in [-0.25, -0.2) is 0 Å². The van der Waals surface area contributed by atoms with Crippen molar-refractivity contribution in [2.75, 3.05) is 25.0 Å². The van der Waals surface area contributed by atoms with Gasteiger partial charge >= 0.3 is 0 Å². The zero-order valence-corrected chi connectivity index (χ0v) is 15.7. The highest BCUT2D eigenvalue weighted by atomic mass is 32.1. The second-order valence-corrected chi connectivity index (χ2v) is 7.08. The number of nitrogens with one attached hydrogen (secondary N) is 3. The van der Waals surface area contributed by atoms with E-state index in [0.29, 0.717) is 11.2 Å². The zero-order chi connectivity index (χ0) is 17.5. The first-order valence-corrected chi connectivity index (χ1v) is 9.69. The minimum atomic E-state index is 0.303. The van der Waals surface area contributed by atoms with Gasteiger partial charge < -0.3 is 20.0 Å². The molecule has 1 aliphatic heterocycles. The molecule has 134 valence electrons. The van der Waals surface area contributed by atoms with Gasteiger partial charge in [0, 0.05) is 5.69 Å². The summed E-state index contributed by atoms with van der Waals surface area (Å²) >= 11 is 5.48. The molecule has 5 heteroatoms. The highest BCUT2D eigenvalue weighted by Gasteiger charge is 2.28. The predicted molar refractivity (Wildman–Crippen MR) is 106 cm³/mol. The third-order valence-electron chi connectivity index (χ3n) is 4.96. The molecule has 0 saturated carbocycles. The molecule has 1 aliphatic rings. The van der Waals surface area contributed by atoms with E-state index in [1.807, 2.05) is 6.07 Å². The van der Waals surface area contributed by atoms with Gasteiger partial charge in [-0.05, 0) is 67.7 Å². The number of thiocarbonyl (C=S) groups is 1. The molecule has 3 rings (SSSR count). The number of piperidine rings is 1. The van der Waals surface area contributed by atoms with E-state index in [2.05, 4.69) is 47.9 Å². The monoisotopic (exact) mass is 358 g/mol. The predicted octanol–water partition coefficient (Wildman–Crippen LogP) is 2.94. The fourth-order valence-electron chi connectivity index (χ4n) is 3.48. The van der Waals surface area contributed by atoms with Crippen molar-refractivity contribution in [3.63, 3.8) is 0 Å². The van der Waals surface area contributed by atoms with Gasteiger partial charge in [-0.1, -0.05) is 19.1 Å². The molecule has 1 aromatic heterocycles. The molecule has 3 N–H and O–H groups in total. The molecular formula is C20H28N3OS+. The van der Waals surface area contributed by atoms with Crippen molar-refractivity contribution in [2.24, 2.45) is 0 Å².